The normalized spacial score (nSPS) is 23.1. The molecule has 1 aromatic carbocycles. The number of aliphatic hydroxyl groups is 1. The zero-order chi connectivity index (χ0) is 13.8. The van der Waals surface area contributed by atoms with Gasteiger partial charge >= 0.3 is 0 Å². The van der Waals surface area contributed by atoms with Crippen LogP contribution in [0.4, 0.5) is 0 Å². The Hall–Kier alpha value is -0.870. The maximum atomic E-state index is 12.1. The molecule has 2 N–H and O–H groups in total. The number of carbonyl (C=O) groups is 1. The van der Waals surface area contributed by atoms with E-state index < -0.39 is 0 Å². The third-order valence-corrected chi connectivity index (χ3v) is 4.80. The molecule has 3 nitrogen and oxygen atoms in total. The number of carbonyl (C=O) groups excluding carboxylic acids is 1. The molecule has 1 fully saturated rings. The van der Waals surface area contributed by atoms with E-state index in [-0.39, 0.29) is 12.0 Å². The average molecular weight is 326 g/mol. The minimum absolute atomic E-state index is 0.0457. The highest BCUT2D eigenvalue weighted by atomic mass is 79.9. The van der Waals surface area contributed by atoms with E-state index in [1.54, 1.807) is 0 Å². The van der Waals surface area contributed by atoms with Crippen LogP contribution in [0.15, 0.2) is 22.7 Å². The number of hydrogen-bond acceptors (Lipinski definition) is 2. The molecule has 0 bridgehead atoms. The van der Waals surface area contributed by atoms with Gasteiger partial charge in [0.15, 0.2) is 0 Å². The molecule has 0 radical (unpaired) electrons. The van der Waals surface area contributed by atoms with Crippen molar-refractivity contribution in [3.8, 4) is 0 Å². The quantitative estimate of drug-likeness (QED) is 0.897. The third kappa shape index (κ3) is 3.80. The van der Waals surface area contributed by atoms with Gasteiger partial charge in [0.1, 0.15) is 0 Å². The van der Waals surface area contributed by atoms with E-state index in [0.717, 1.165) is 35.7 Å². The fourth-order valence-electron chi connectivity index (χ4n) is 2.60. The second-order valence-corrected chi connectivity index (χ2v) is 6.13. The molecule has 0 aromatic heterocycles. The molecule has 2 atom stereocenters. The summed E-state index contributed by atoms with van der Waals surface area (Å²) in [7, 11) is 0. The van der Waals surface area contributed by atoms with E-state index in [0.29, 0.717) is 18.0 Å². The highest BCUT2D eigenvalue weighted by Crippen LogP contribution is 2.24. The van der Waals surface area contributed by atoms with E-state index in [9.17, 15) is 9.90 Å². The Balaban J connectivity index is 1.92. The standard InChI is InChI=1S/C15H20BrNO2/c1-10-4-2-7-13(14(10)16)15(19)17-9-11-5-3-6-12(18)8-11/h2,4,7,11-12,18H,3,5-6,8-9H2,1H3,(H,17,19). The molecule has 0 aliphatic heterocycles. The van der Waals surface area contributed by atoms with Gasteiger partial charge in [-0.2, -0.15) is 0 Å². The number of aliphatic hydroxyl groups excluding tert-OH is 1. The van der Waals surface area contributed by atoms with Gasteiger partial charge in [-0.05, 0) is 59.7 Å². The largest absolute Gasteiger partial charge is 0.393 e. The van der Waals surface area contributed by atoms with Gasteiger partial charge in [0.25, 0.3) is 5.91 Å². The summed E-state index contributed by atoms with van der Waals surface area (Å²) in [5, 5.41) is 12.6. The molecule has 19 heavy (non-hydrogen) atoms. The lowest BCUT2D eigenvalue weighted by Gasteiger charge is -2.26. The van der Waals surface area contributed by atoms with Crippen LogP contribution in [-0.2, 0) is 0 Å². The maximum absolute atomic E-state index is 12.1. The van der Waals surface area contributed by atoms with Crippen LogP contribution in [0.25, 0.3) is 0 Å². The van der Waals surface area contributed by atoms with Crippen LogP contribution in [0.3, 0.4) is 0 Å². The van der Waals surface area contributed by atoms with Gasteiger partial charge in [0.2, 0.25) is 0 Å². The fraction of sp³-hybridized carbons (Fsp3) is 0.533. The lowest BCUT2D eigenvalue weighted by Crippen LogP contribution is -2.33. The first kappa shape index (κ1) is 14.5. The molecular formula is C15H20BrNO2. The molecule has 2 unspecified atom stereocenters. The number of amides is 1. The van der Waals surface area contributed by atoms with Gasteiger partial charge in [-0.3, -0.25) is 4.79 Å². The van der Waals surface area contributed by atoms with Crippen LogP contribution in [0.5, 0.6) is 0 Å². The third-order valence-electron chi connectivity index (χ3n) is 3.74. The molecule has 1 aromatic rings. The number of hydrogen-bond donors (Lipinski definition) is 2. The van der Waals surface area contributed by atoms with E-state index in [2.05, 4.69) is 21.2 Å². The SMILES string of the molecule is Cc1cccc(C(=O)NCC2CCCC(O)C2)c1Br. The van der Waals surface area contributed by atoms with Crippen molar-refractivity contribution in [3.05, 3.63) is 33.8 Å². The van der Waals surface area contributed by atoms with E-state index in [4.69, 9.17) is 0 Å². The Morgan fingerprint density at radius 3 is 3.00 bits per heavy atom. The molecule has 2 rings (SSSR count). The molecule has 1 aliphatic carbocycles. The van der Waals surface area contributed by atoms with Crippen LogP contribution in [0.1, 0.15) is 41.6 Å². The Morgan fingerprint density at radius 2 is 2.26 bits per heavy atom. The highest BCUT2D eigenvalue weighted by Gasteiger charge is 2.21. The monoisotopic (exact) mass is 325 g/mol. The summed E-state index contributed by atoms with van der Waals surface area (Å²) >= 11 is 3.46. The number of aryl methyl sites for hydroxylation is 1. The fourth-order valence-corrected chi connectivity index (χ4v) is 3.05. The summed E-state index contributed by atoms with van der Waals surface area (Å²) in [6.45, 7) is 2.62. The maximum Gasteiger partial charge on any atom is 0.252 e. The predicted molar refractivity (Wildman–Crippen MR) is 79.2 cm³/mol. The number of benzene rings is 1. The summed E-state index contributed by atoms with van der Waals surface area (Å²) in [5.41, 5.74) is 1.73. The minimum atomic E-state index is -0.193. The highest BCUT2D eigenvalue weighted by molar-refractivity contribution is 9.10. The lowest BCUT2D eigenvalue weighted by atomic mass is 9.87. The van der Waals surface area contributed by atoms with Gasteiger partial charge in [-0.15, -0.1) is 0 Å². The first-order valence-electron chi connectivity index (χ1n) is 6.79. The van der Waals surface area contributed by atoms with Crippen molar-refractivity contribution < 1.29 is 9.90 Å². The van der Waals surface area contributed by atoms with Crippen molar-refractivity contribution in [3.63, 3.8) is 0 Å². The Morgan fingerprint density at radius 1 is 1.47 bits per heavy atom. The summed E-state index contributed by atoms with van der Waals surface area (Å²) in [4.78, 5) is 12.1. The van der Waals surface area contributed by atoms with Crippen LogP contribution >= 0.6 is 15.9 Å². The number of rotatable bonds is 3. The topological polar surface area (TPSA) is 49.3 Å². The van der Waals surface area contributed by atoms with Crippen LogP contribution in [0, 0.1) is 12.8 Å². The Labute approximate surface area is 122 Å². The summed E-state index contributed by atoms with van der Waals surface area (Å²) < 4.78 is 0.858. The lowest BCUT2D eigenvalue weighted by molar-refractivity contribution is 0.0873. The van der Waals surface area contributed by atoms with Crippen LogP contribution < -0.4 is 5.32 Å². The molecule has 1 aliphatic rings. The van der Waals surface area contributed by atoms with Crippen molar-refractivity contribution in [2.45, 2.75) is 38.7 Å². The van der Waals surface area contributed by atoms with Gasteiger partial charge in [0, 0.05) is 11.0 Å². The number of halogens is 1. The van der Waals surface area contributed by atoms with Crippen molar-refractivity contribution in [2.75, 3.05) is 6.54 Å². The van der Waals surface area contributed by atoms with Crippen molar-refractivity contribution in [1.29, 1.82) is 0 Å². The van der Waals surface area contributed by atoms with E-state index >= 15 is 0 Å². The molecule has 0 heterocycles. The predicted octanol–water partition coefficient (Wildman–Crippen LogP) is 3.04. The van der Waals surface area contributed by atoms with Crippen molar-refractivity contribution >= 4 is 21.8 Å². The van der Waals surface area contributed by atoms with Crippen molar-refractivity contribution in [2.24, 2.45) is 5.92 Å². The Bertz CT molecular complexity index is 461. The second-order valence-electron chi connectivity index (χ2n) is 5.33. The summed E-state index contributed by atoms with van der Waals surface area (Å²) in [6, 6.07) is 5.68. The van der Waals surface area contributed by atoms with Crippen molar-refractivity contribution in [1.82, 2.24) is 5.32 Å². The second kappa shape index (κ2) is 6.53. The summed E-state index contributed by atoms with van der Waals surface area (Å²) in [5.74, 6) is 0.354. The molecule has 0 spiro atoms. The van der Waals surface area contributed by atoms with Crippen LogP contribution in [0.2, 0.25) is 0 Å². The number of nitrogens with one attached hydrogen (secondary N) is 1. The summed E-state index contributed by atoms with van der Waals surface area (Å²) in [6.07, 6.45) is 3.65. The van der Waals surface area contributed by atoms with Gasteiger partial charge < -0.3 is 10.4 Å². The van der Waals surface area contributed by atoms with Crippen LogP contribution in [-0.4, -0.2) is 23.7 Å². The average Bonchev–Trinajstić information content (AvgIpc) is 2.39. The van der Waals surface area contributed by atoms with E-state index in [1.165, 1.54) is 0 Å². The smallest absolute Gasteiger partial charge is 0.252 e. The van der Waals surface area contributed by atoms with Gasteiger partial charge in [-0.1, -0.05) is 18.6 Å². The van der Waals surface area contributed by atoms with Gasteiger partial charge in [-0.25, -0.2) is 0 Å². The molecule has 104 valence electrons. The Kier molecular flexibility index (Phi) is 4.99. The first-order valence-corrected chi connectivity index (χ1v) is 7.58. The molecule has 1 saturated carbocycles. The minimum Gasteiger partial charge on any atom is -0.393 e. The van der Waals surface area contributed by atoms with Gasteiger partial charge in [0.05, 0.1) is 11.7 Å². The zero-order valence-electron chi connectivity index (χ0n) is 11.2. The first-order chi connectivity index (χ1) is 9.08. The molecule has 1 amide bonds. The molecule has 0 saturated heterocycles. The molecule has 4 heteroatoms. The van der Waals surface area contributed by atoms with E-state index in [1.807, 2.05) is 25.1 Å². The zero-order valence-corrected chi connectivity index (χ0v) is 12.7. The molecular weight excluding hydrogens is 306 g/mol.